The fourth-order valence-electron chi connectivity index (χ4n) is 1.11. The van der Waals surface area contributed by atoms with E-state index in [1.807, 2.05) is 13.8 Å². The molecule has 0 radical (unpaired) electrons. The van der Waals surface area contributed by atoms with Crippen LogP contribution in [0.3, 0.4) is 0 Å². The monoisotopic (exact) mass is 161 g/mol. The second-order valence-corrected chi connectivity index (χ2v) is 2.44. The average molecular weight is 161 g/mol. The maximum Gasteiger partial charge on any atom is 0.0700 e. The van der Waals surface area contributed by atoms with Gasteiger partial charge < -0.3 is 10.1 Å². The lowest BCUT2D eigenvalue weighted by Gasteiger charge is -2.07. The van der Waals surface area contributed by atoms with E-state index in [2.05, 4.69) is 12.2 Å². The number of hydrogen-bond donors (Lipinski definition) is 1. The third-order valence-electron chi connectivity index (χ3n) is 1.65. The fraction of sp³-hybridized carbons (Fsp3) is 1.00. The summed E-state index contributed by atoms with van der Waals surface area (Å²) in [4.78, 5) is 0. The minimum atomic E-state index is 0. The minimum absolute atomic E-state index is 0. The number of ether oxygens (including phenoxy) is 1. The molecular formula is C9H23NO. The molecule has 1 aliphatic rings. The van der Waals surface area contributed by atoms with Crippen LogP contribution < -0.4 is 5.32 Å². The van der Waals surface area contributed by atoms with Crippen molar-refractivity contribution in [1.29, 1.82) is 0 Å². The molecule has 2 nitrogen and oxygen atoms in total. The molecule has 11 heavy (non-hydrogen) atoms. The Labute approximate surface area is 71.8 Å². The summed E-state index contributed by atoms with van der Waals surface area (Å²) in [6, 6.07) is 0. The van der Waals surface area contributed by atoms with Crippen LogP contribution in [0.5, 0.6) is 0 Å². The number of nitrogens with one attached hydrogen (secondary N) is 1. The molecule has 1 atom stereocenters. The topological polar surface area (TPSA) is 21.3 Å². The molecule has 0 saturated carbocycles. The van der Waals surface area contributed by atoms with Gasteiger partial charge in [0.25, 0.3) is 0 Å². The van der Waals surface area contributed by atoms with Crippen LogP contribution in [0.2, 0.25) is 0 Å². The molecule has 70 valence electrons. The maximum absolute atomic E-state index is 5.39. The van der Waals surface area contributed by atoms with Crippen molar-refractivity contribution in [2.24, 2.45) is 0 Å². The van der Waals surface area contributed by atoms with Gasteiger partial charge in [-0.1, -0.05) is 20.8 Å². The highest BCUT2D eigenvalue weighted by atomic mass is 16.5. The van der Waals surface area contributed by atoms with E-state index in [1.165, 1.54) is 12.8 Å². The van der Waals surface area contributed by atoms with Gasteiger partial charge in [0.15, 0.2) is 0 Å². The molecule has 0 aliphatic carbocycles. The molecule has 0 aromatic carbocycles. The first kappa shape index (κ1) is 10.9. The Morgan fingerprint density at radius 2 is 2.27 bits per heavy atom. The summed E-state index contributed by atoms with van der Waals surface area (Å²) in [5, 5.41) is 3.27. The van der Waals surface area contributed by atoms with Gasteiger partial charge in [-0.05, 0) is 19.4 Å². The van der Waals surface area contributed by atoms with E-state index in [-0.39, 0.29) is 1.43 Å². The molecule has 1 N–H and O–H groups in total. The predicted molar refractivity (Wildman–Crippen MR) is 51.0 cm³/mol. The first-order chi connectivity index (χ1) is 5.43. The van der Waals surface area contributed by atoms with Crippen molar-refractivity contribution in [3.8, 4) is 0 Å². The van der Waals surface area contributed by atoms with E-state index in [0.717, 1.165) is 19.7 Å². The van der Waals surface area contributed by atoms with Crippen LogP contribution in [0.15, 0.2) is 0 Å². The zero-order valence-corrected chi connectivity index (χ0v) is 8.02. The molecule has 1 heterocycles. The standard InChI is InChI=1S/C7H15NO.C2H6.H2/c1-2-8-6-7-4-3-5-9-7;1-2;/h7-8H,2-6H2,1H3;1-2H3;1H/t7-;;/m0../s1. The Bertz CT molecular complexity index is 74.9. The van der Waals surface area contributed by atoms with Gasteiger partial charge in [-0.2, -0.15) is 0 Å². The maximum atomic E-state index is 5.39. The summed E-state index contributed by atoms with van der Waals surface area (Å²) < 4.78 is 5.39. The van der Waals surface area contributed by atoms with E-state index in [1.54, 1.807) is 0 Å². The Morgan fingerprint density at radius 1 is 1.55 bits per heavy atom. The summed E-state index contributed by atoms with van der Waals surface area (Å²) in [6.07, 6.45) is 2.99. The summed E-state index contributed by atoms with van der Waals surface area (Å²) in [5.74, 6) is 0. The molecule has 0 amide bonds. The largest absolute Gasteiger partial charge is 0.377 e. The van der Waals surface area contributed by atoms with Gasteiger partial charge in [0.05, 0.1) is 6.10 Å². The Morgan fingerprint density at radius 3 is 2.73 bits per heavy atom. The Kier molecular flexibility index (Phi) is 7.96. The van der Waals surface area contributed by atoms with Crippen LogP contribution >= 0.6 is 0 Å². The SMILES string of the molecule is CC.CCNC[C@@H]1CCCO1.[HH]. The van der Waals surface area contributed by atoms with E-state index < -0.39 is 0 Å². The fourth-order valence-corrected chi connectivity index (χ4v) is 1.11. The molecule has 0 spiro atoms. The van der Waals surface area contributed by atoms with Crippen molar-refractivity contribution in [1.82, 2.24) is 5.32 Å². The molecule has 0 aromatic heterocycles. The van der Waals surface area contributed by atoms with Crippen molar-refractivity contribution >= 4 is 0 Å². The van der Waals surface area contributed by atoms with Crippen LogP contribution in [0, 0.1) is 0 Å². The molecular weight excluding hydrogens is 138 g/mol. The summed E-state index contributed by atoms with van der Waals surface area (Å²) in [7, 11) is 0. The van der Waals surface area contributed by atoms with Crippen LogP contribution in [0.4, 0.5) is 0 Å². The lowest BCUT2D eigenvalue weighted by molar-refractivity contribution is 0.110. The van der Waals surface area contributed by atoms with Gasteiger partial charge in [0.2, 0.25) is 0 Å². The van der Waals surface area contributed by atoms with Gasteiger partial charge in [-0.3, -0.25) is 0 Å². The second-order valence-electron chi connectivity index (χ2n) is 2.44. The molecule has 0 bridgehead atoms. The predicted octanol–water partition coefficient (Wildman–Crippen LogP) is 2.05. The zero-order valence-electron chi connectivity index (χ0n) is 8.02. The van der Waals surface area contributed by atoms with Gasteiger partial charge >= 0.3 is 0 Å². The first-order valence-electron chi connectivity index (χ1n) is 4.76. The molecule has 2 heteroatoms. The van der Waals surface area contributed by atoms with Gasteiger partial charge in [-0.25, -0.2) is 0 Å². The third kappa shape index (κ3) is 5.22. The quantitative estimate of drug-likeness (QED) is 0.684. The molecule has 0 unspecified atom stereocenters. The van der Waals surface area contributed by atoms with Crippen molar-refractivity contribution in [3.63, 3.8) is 0 Å². The van der Waals surface area contributed by atoms with Crippen molar-refractivity contribution in [2.75, 3.05) is 19.7 Å². The Hall–Kier alpha value is -0.0800. The van der Waals surface area contributed by atoms with Crippen LogP contribution in [0.1, 0.15) is 35.0 Å². The number of rotatable bonds is 3. The van der Waals surface area contributed by atoms with E-state index in [0.29, 0.717) is 6.10 Å². The van der Waals surface area contributed by atoms with Crippen molar-refractivity contribution in [3.05, 3.63) is 0 Å². The zero-order chi connectivity index (χ0) is 8.53. The lowest BCUT2D eigenvalue weighted by Crippen LogP contribution is -2.25. The average Bonchev–Trinajstić information content (AvgIpc) is 2.57. The molecule has 1 rings (SSSR count). The van der Waals surface area contributed by atoms with Crippen molar-refractivity contribution in [2.45, 2.75) is 39.7 Å². The van der Waals surface area contributed by atoms with Gasteiger partial charge in [0.1, 0.15) is 0 Å². The summed E-state index contributed by atoms with van der Waals surface area (Å²) in [6.45, 7) is 9.18. The molecule has 1 fully saturated rings. The highest BCUT2D eigenvalue weighted by molar-refractivity contribution is 4.66. The number of likely N-dealkylation sites (N-methyl/N-ethyl adjacent to an activating group) is 1. The van der Waals surface area contributed by atoms with E-state index >= 15 is 0 Å². The number of hydrogen-bond acceptors (Lipinski definition) is 2. The third-order valence-corrected chi connectivity index (χ3v) is 1.65. The highest BCUT2D eigenvalue weighted by Gasteiger charge is 2.13. The normalized spacial score (nSPS) is 22.6. The molecule has 0 aromatic rings. The van der Waals surface area contributed by atoms with Crippen LogP contribution in [-0.2, 0) is 4.74 Å². The highest BCUT2D eigenvalue weighted by Crippen LogP contribution is 2.09. The minimum Gasteiger partial charge on any atom is -0.377 e. The Balaban J connectivity index is 0. The molecule has 1 saturated heterocycles. The van der Waals surface area contributed by atoms with E-state index in [4.69, 9.17) is 4.74 Å². The van der Waals surface area contributed by atoms with Gasteiger partial charge in [0, 0.05) is 14.6 Å². The summed E-state index contributed by atoms with van der Waals surface area (Å²) in [5.41, 5.74) is 0. The van der Waals surface area contributed by atoms with E-state index in [9.17, 15) is 0 Å². The lowest BCUT2D eigenvalue weighted by atomic mass is 10.2. The second kappa shape index (κ2) is 8.02. The first-order valence-corrected chi connectivity index (χ1v) is 4.76. The van der Waals surface area contributed by atoms with Crippen LogP contribution in [-0.4, -0.2) is 25.8 Å². The van der Waals surface area contributed by atoms with Crippen molar-refractivity contribution < 1.29 is 6.16 Å². The van der Waals surface area contributed by atoms with Crippen LogP contribution in [0.25, 0.3) is 0 Å². The van der Waals surface area contributed by atoms with Gasteiger partial charge in [-0.15, -0.1) is 0 Å². The summed E-state index contributed by atoms with van der Waals surface area (Å²) >= 11 is 0. The smallest absolute Gasteiger partial charge is 0.0700 e. The molecule has 1 aliphatic heterocycles.